The van der Waals surface area contributed by atoms with Crippen LogP contribution in [0.4, 0.5) is 11.4 Å². The van der Waals surface area contributed by atoms with E-state index in [2.05, 4.69) is 96.3 Å². The van der Waals surface area contributed by atoms with Crippen molar-refractivity contribution in [3.63, 3.8) is 0 Å². The molecule has 2 aliphatic heterocycles. The van der Waals surface area contributed by atoms with E-state index in [0.29, 0.717) is 0 Å². The van der Waals surface area contributed by atoms with Gasteiger partial charge < -0.3 is 19.4 Å². The van der Waals surface area contributed by atoms with E-state index in [0.717, 1.165) is 39.3 Å². The molecular weight excluding hydrogens is 442 g/mol. The first-order valence-electron chi connectivity index (χ1n) is 13.9. The number of benzene rings is 2. The van der Waals surface area contributed by atoms with Gasteiger partial charge in [0.15, 0.2) is 0 Å². The smallest absolute Gasteiger partial charge is 0.0642 e. The Morgan fingerprint density at radius 1 is 1.03 bits per heavy atom. The van der Waals surface area contributed by atoms with Crippen LogP contribution in [0.3, 0.4) is 0 Å². The maximum Gasteiger partial charge on any atom is 0.0642 e. The van der Waals surface area contributed by atoms with Crippen LogP contribution in [0.5, 0.6) is 0 Å². The maximum atomic E-state index is 5.71. The number of rotatable bonds is 8. The topological polar surface area (TPSA) is 19.0 Å². The van der Waals surface area contributed by atoms with E-state index in [4.69, 9.17) is 4.74 Å². The Bertz CT molecular complexity index is 1140. The third-order valence-corrected chi connectivity index (χ3v) is 7.81. The molecule has 2 fully saturated rings. The fraction of sp³-hybridized carbons (Fsp3) is 0.438. The lowest BCUT2D eigenvalue weighted by atomic mass is 9.87. The number of unbranched alkanes of at least 4 members (excludes halogenated alkanes) is 2. The van der Waals surface area contributed by atoms with Crippen LogP contribution in [0.2, 0.25) is 0 Å². The average molecular weight is 484 g/mol. The molecule has 1 saturated carbocycles. The number of hydrogen-bond donors (Lipinski definition) is 0. The summed E-state index contributed by atoms with van der Waals surface area (Å²) in [6.07, 6.45) is 12.2. The Labute approximate surface area is 217 Å². The monoisotopic (exact) mass is 483 g/mol. The second-order valence-electron chi connectivity index (χ2n) is 10.1. The van der Waals surface area contributed by atoms with Crippen molar-refractivity contribution >= 4 is 22.8 Å². The SMILES string of the molecule is CCCC/C=C(\c1ccccc1)N(C)c1ccc2c(c1)C(N1CCOCC1)=CC(=C1CCC1)N2CC. The minimum absolute atomic E-state index is 0.800. The molecule has 2 aromatic carbocycles. The number of morpholine rings is 1. The molecule has 2 heterocycles. The Hall–Kier alpha value is -2.98. The highest BCUT2D eigenvalue weighted by Gasteiger charge is 2.29. The number of hydrogen-bond acceptors (Lipinski definition) is 4. The van der Waals surface area contributed by atoms with Crippen LogP contribution in [0.25, 0.3) is 11.4 Å². The number of ether oxygens (including phenoxy) is 1. The second-order valence-corrected chi connectivity index (χ2v) is 10.1. The van der Waals surface area contributed by atoms with Gasteiger partial charge in [-0.2, -0.15) is 0 Å². The van der Waals surface area contributed by atoms with E-state index in [-0.39, 0.29) is 0 Å². The summed E-state index contributed by atoms with van der Waals surface area (Å²) in [5, 5.41) is 0. The van der Waals surface area contributed by atoms with Crippen molar-refractivity contribution < 1.29 is 4.74 Å². The summed E-state index contributed by atoms with van der Waals surface area (Å²) in [5.41, 5.74) is 10.9. The molecule has 0 amide bonds. The maximum absolute atomic E-state index is 5.71. The van der Waals surface area contributed by atoms with Gasteiger partial charge in [-0.1, -0.05) is 49.8 Å². The summed E-state index contributed by atoms with van der Waals surface area (Å²) in [6, 6.07) is 17.9. The Morgan fingerprint density at radius 2 is 1.81 bits per heavy atom. The fourth-order valence-corrected chi connectivity index (χ4v) is 5.54. The van der Waals surface area contributed by atoms with E-state index in [1.807, 2.05) is 0 Å². The first-order valence-corrected chi connectivity index (χ1v) is 13.9. The van der Waals surface area contributed by atoms with Crippen LogP contribution < -0.4 is 9.80 Å². The summed E-state index contributed by atoms with van der Waals surface area (Å²) in [7, 11) is 2.22. The molecule has 0 spiro atoms. The van der Waals surface area contributed by atoms with Gasteiger partial charge in [0.05, 0.1) is 18.9 Å². The Balaban J connectivity index is 1.57. The van der Waals surface area contributed by atoms with Gasteiger partial charge in [-0.15, -0.1) is 0 Å². The molecule has 36 heavy (non-hydrogen) atoms. The number of likely N-dealkylation sites (N-methyl/N-ethyl adjacent to an activating group) is 1. The number of nitrogens with zero attached hydrogens (tertiary/aromatic N) is 3. The van der Waals surface area contributed by atoms with Gasteiger partial charge in [0, 0.05) is 55.0 Å². The second kappa shape index (κ2) is 11.4. The lowest BCUT2D eigenvalue weighted by molar-refractivity contribution is 0.0639. The number of fused-ring (bicyclic) bond motifs is 1. The summed E-state index contributed by atoms with van der Waals surface area (Å²) in [6.45, 7) is 9.02. The standard InChI is InChI=1S/C32H41N3O/c1-4-6-8-16-29(25-12-9-7-10-13-25)33(3)27-17-18-30-28(23-27)32(34-19-21-36-22-20-34)24-31(35(30)5-2)26-14-11-15-26/h7,9-10,12-13,16-18,23-24H,4-6,8,11,14-15,19-22H2,1-3H3/b29-16+. The molecule has 5 rings (SSSR count). The molecule has 0 aromatic heterocycles. The van der Waals surface area contributed by atoms with Crippen molar-refractivity contribution in [3.05, 3.63) is 83.1 Å². The number of anilines is 2. The average Bonchev–Trinajstić information content (AvgIpc) is 2.90. The Morgan fingerprint density at radius 3 is 2.47 bits per heavy atom. The van der Waals surface area contributed by atoms with Gasteiger partial charge in [0.1, 0.15) is 0 Å². The number of allylic oxidation sites excluding steroid dienone is 3. The lowest BCUT2D eigenvalue weighted by Crippen LogP contribution is -2.38. The highest BCUT2D eigenvalue weighted by atomic mass is 16.5. The van der Waals surface area contributed by atoms with E-state index >= 15 is 0 Å². The minimum atomic E-state index is 0.800. The van der Waals surface area contributed by atoms with E-state index in [9.17, 15) is 0 Å². The van der Waals surface area contributed by atoms with Gasteiger partial charge in [-0.05, 0) is 74.4 Å². The zero-order valence-electron chi connectivity index (χ0n) is 22.3. The third-order valence-electron chi connectivity index (χ3n) is 7.81. The first-order chi connectivity index (χ1) is 17.7. The molecule has 0 atom stereocenters. The van der Waals surface area contributed by atoms with Crippen LogP contribution in [0, 0.1) is 0 Å². The van der Waals surface area contributed by atoms with E-state index in [1.165, 1.54) is 71.7 Å². The molecule has 0 bridgehead atoms. The van der Waals surface area contributed by atoms with Crippen molar-refractivity contribution in [1.29, 1.82) is 0 Å². The molecule has 1 saturated heterocycles. The molecule has 0 radical (unpaired) electrons. The summed E-state index contributed by atoms with van der Waals surface area (Å²) in [5.74, 6) is 0. The highest BCUT2D eigenvalue weighted by Crippen LogP contribution is 2.44. The molecule has 1 aliphatic carbocycles. The van der Waals surface area contributed by atoms with Crippen LogP contribution in [-0.4, -0.2) is 44.8 Å². The minimum Gasteiger partial charge on any atom is -0.378 e. The zero-order chi connectivity index (χ0) is 24.9. The summed E-state index contributed by atoms with van der Waals surface area (Å²) < 4.78 is 5.71. The molecule has 4 nitrogen and oxygen atoms in total. The predicted octanol–water partition coefficient (Wildman–Crippen LogP) is 7.31. The van der Waals surface area contributed by atoms with Gasteiger partial charge in [0.25, 0.3) is 0 Å². The molecule has 190 valence electrons. The first kappa shape index (κ1) is 24.7. The summed E-state index contributed by atoms with van der Waals surface area (Å²) >= 11 is 0. The van der Waals surface area contributed by atoms with Gasteiger partial charge in [-0.25, -0.2) is 0 Å². The molecule has 2 aromatic rings. The van der Waals surface area contributed by atoms with Gasteiger partial charge in [-0.3, -0.25) is 0 Å². The Kier molecular flexibility index (Phi) is 7.81. The van der Waals surface area contributed by atoms with E-state index in [1.54, 1.807) is 5.57 Å². The van der Waals surface area contributed by atoms with Crippen LogP contribution in [-0.2, 0) is 4.74 Å². The molecule has 3 aliphatic rings. The molecule has 4 heteroatoms. The van der Waals surface area contributed by atoms with Crippen molar-refractivity contribution in [3.8, 4) is 0 Å². The summed E-state index contributed by atoms with van der Waals surface area (Å²) in [4.78, 5) is 7.44. The van der Waals surface area contributed by atoms with Crippen LogP contribution in [0.15, 0.2) is 72.0 Å². The normalized spacial score (nSPS) is 18.1. The van der Waals surface area contributed by atoms with Crippen molar-refractivity contribution in [2.75, 3.05) is 49.7 Å². The predicted molar refractivity (Wildman–Crippen MR) is 153 cm³/mol. The van der Waals surface area contributed by atoms with Crippen molar-refractivity contribution in [1.82, 2.24) is 4.90 Å². The molecule has 0 N–H and O–H groups in total. The lowest BCUT2D eigenvalue weighted by Gasteiger charge is -2.40. The molecular formula is C32H41N3O. The van der Waals surface area contributed by atoms with Crippen molar-refractivity contribution in [2.45, 2.75) is 52.4 Å². The zero-order valence-corrected chi connectivity index (χ0v) is 22.3. The van der Waals surface area contributed by atoms with Gasteiger partial charge in [0.2, 0.25) is 0 Å². The quantitative estimate of drug-likeness (QED) is 0.367. The van der Waals surface area contributed by atoms with Crippen molar-refractivity contribution in [2.24, 2.45) is 0 Å². The van der Waals surface area contributed by atoms with Gasteiger partial charge >= 0.3 is 0 Å². The van der Waals surface area contributed by atoms with Crippen LogP contribution >= 0.6 is 0 Å². The largest absolute Gasteiger partial charge is 0.378 e. The highest BCUT2D eigenvalue weighted by molar-refractivity contribution is 5.88. The molecule has 0 unspecified atom stereocenters. The third kappa shape index (κ3) is 4.97. The van der Waals surface area contributed by atoms with Crippen LogP contribution in [0.1, 0.15) is 63.5 Å². The fourth-order valence-electron chi connectivity index (χ4n) is 5.54. The van der Waals surface area contributed by atoms with E-state index < -0.39 is 0 Å².